The minimum absolute atomic E-state index is 0.000558. The fourth-order valence-corrected chi connectivity index (χ4v) is 3.73. The second-order valence-corrected chi connectivity index (χ2v) is 7.26. The van der Waals surface area contributed by atoms with Crippen molar-refractivity contribution in [2.75, 3.05) is 38.0 Å². The molecule has 2 heterocycles. The highest BCUT2D eigenvalue weighted by atomic mass is 35.5. The summed E-state index contributed by atoms with van der Waals surface area (Å²) in [7, 11) is 1.83. The molecule has 26 heavy (non-hydrogen) atoms. The Morgan fingerprint density at radius 1 is 1.27 bits per heavy atom. The average molecular weight is 376 g/mol. The van der Waals surface area contributed by atoms with Gasteiger partial charge in [-0.15, -0.1) is 0 Å². The Balaban J connectivity index is 1.50. The van der Waals surface area contributed by atoms with Crippen molar-refractivity contribution in [3.63, 3.8) is 0 Å². The molecule has 3 rings (SSSR count). The number of aromatic nitrogens is 2. The zero-order valence-electron chi connectivity index (χ0n) is 15.6. The Morgan fingerprint density at radius 3 is 2.58 bits per heavy atom. The van der Waals surface area contributed by atoms with Crippen LogP contribution in [0, 0.1) is 6.92 Å². The quantitative estimate of drug-likeness (QED) is 0.873. The highest BCUT2D eigenvalue weighted by Crippen LogP contribution is 2.27. The van der Waals surface area contributed by atoms with Gasteiger partial charge in [-0.05, 0) is 25.5 Å². The van der Waals surface area contributed by atoms with Gasteiger partial charge in [-0.3, -0.25) is 19.3 Å². The zero-order chi connectivity index (χ0) is 18.7. The lowest BCUT2D eigenvalue weighted by atomic mass is 10.1. The van der Waals surface area contributed by atoms with Crippen LogP contribution >= 0.6 is 11.6 Å². The minimum atomic E-state index is 0.000558. The van der Waals surface area contributed by atoms with Gasteiger partial charge in [-0.1, -0.05) is 29.8 Å². The number of amides is 1. The minimum Gasteiger partial charge on any atom is -0.310 e. The van der Waals surface area contributed by atoms with Crippen molar-refractivity contribution < 1.29 is 4.79 Å². The summed E-state index contributed by atoms with van der Waals surface area (Å²) < 4.78 is 1.69. The smallest absolute Gasteiger partial charge is 0.239 e. The molecule has 140 valence electrons. The molecule has 0 spiro atoms. The van der Waals surface area contributed by atoms with E-state index in [0.717, 1.165) is 48.3 Å². The van der Waals surface area contributed by atoms with E-state index in [1.165, 1.54) is 0 Å². The second-order valence-electron chi connectivity index (χ2n) is 6.85. The zero-order valence-corrected chi connectivity index (χ0v) is 16.3. The Bertz CT molecular complexity index is 767. The number of nitrogens with zero attached hydrogens (tertiary/aromatic N) is 4. The van der Waals surface area contributed by atoms with Crippen LogP contribution in [0.4, 0.5) is 5.82 Å². The molecule has 1 fully saturated rings. The molecule has 1 aromatic carbocycles. The molecule has 1 aliphatic rings. The first-order chi connectivity index (χ1) is 12.4. The monoisotopic (exact) mass is 375 g/mol. The van der Waals surface area contributed by atoms with E-state index < -0.39 is 0 Å². The van der Waals surface area contributed by atoms with Gasteiger partial charge in [0.05, 0.1) is 12.2 Å². The summed E-state index contributed by atoms with van der Waals surface area (Å²) in [6, 6.07) is 10.2. The van der Waals surface area contributed by atoms with E-state index in [0.29, 0.717) is 6.54 Å². The topological polar surface area (TPSA) is 53.4 Å². The molecular formula is C19H26ClN5O. The van der Waals surface area contributed by atoms with Gasteiger partial charge in [0.2, 0.25) is 5.91 Å². The van der Waals surface area contributed by atoms with Crippen LogP contribution in [-0.2, 0) is 11.8 Å². The van der Waals surface area contributed by atoms with Crippen LogP contribution in [0.25, 0.3) is 0 Å². The van der Waals surface area contributed by atoms with Crippen molar-refractivity contribution in [1.82, 2.24) is 19.6 Å². The first-order valence-electron chi connectivity index (χ1n) is 8.95. The average Bonchev–Trinajstić information content (AvgIpc) is 2.92. The third kappa shape index (κ3) is 4.44. The number of anilines is 1. The molecule has 1 aromatic heterocycles. The van der Waals surface area contributed by atoms with Gasteiger partial charge in [0, 0.05) is 50.4 Å². The van der Waals surface area contributed by atoms with Crippen molar-refractivity contribution in [1.29, 1.82) is 0 Å². The van der Waals surface area contributed by atoms with E-state index in [9.17, 15) is 4.79 Å². The summed E-state index contributed by atoms with van der Waals surface area (Å²) in [6.07, 6.45) is 0. The number of halogens is 1. The largest absolute Gasteiger partial charge is 0.310 e. The highest BCUT2D eigenvalue weighted by molar-refractivity contribution is 6.31. The molecule has 6 nitrogen and oxygen atoms in total. The number of piperazine rings is 1. The summed E-state index contributed by atoms with van der Waals surface area (Å²) in [5.74, 6) is 0.735. The number of carbonyl (C=O) groups is 1. The van der Waals surface area contributed by atoms with Crippen molar-refractivity contribution in [3.05, 3.63) is 46.6 Å². The maximum absolute atomic E-state index is 12.3. The van der Waals surface area contributed by atoms with Gasteiger partial charge in [-0.25, -0.2) is 0 Å². The standard InChI is InChI=1S/C19H26ClN5O/c1-14-12-18(23(3)22-14)21-19(26)13-24-8-10-25(11-9-24)15(2)16-6-4-5-7-17(16)20/h4-7,12,15H,8-11,13H2,1-3H3,(H,21,26). The summed E-state index contributed by atoms with van der Waals surface area (Å²) >= 11 is 6.33. The maximum atomic E-state index is 12.3. The SMILES string of the molecule is Cc1cc(NC(=O)CN2CCN(C(C)c3ccccc3Cl)CC2)n(C)n1. The van der Waals surface area contributed by atoms with Crippen LogP contribution in [0.3, 0.4) is 0 Å². The molecule has 2 aromatic rings. The number of carbonyl (C=O) groups excluding carboxylic acids is 1. The van der Waals surface area contributed by atoms with Crippen molar-refractivity contribution in [2.24, 2.45) is 7.05 Å². The number of aryl methyl sites for hydroxylation is 2. The van der Waals surface area contributed by atoms with Gasteiger partial charge < -0.3 is 5.32 Å². The molecular weight excluding hydrogens is 350 g/mol. The summed E-state index contributed by atoms with van der Waals surface area (Å²) in [5.41, 5.74) is 2.05. The number of nitrogens with one attached hydrogen (secondary N) is 1. The number of hydrogen-bond donors (Lipinski definition) is 1. The molecule has 1 saturated heterocycles. The molecule has 1 amide bonds. The normalized spacial score (nSPS) is 17.2. The number of hydrogen-bond acceptors (Lipinski definition) is 4. The van der Waals surface area contributed by atoms with Crippen LogP contribution in [0.5, 0.6) is 0 Å². The molecule has 1 unspecified atom stereocenters. The maximum Gasteiger partial charge on any atom is 0.239 e. The van der Waals surface area contributed by atoms with Crippen molar-refractivity contribution in [2.45, 2.75) is 19.9 Å². The lowest BCUT2D eigenvalue weighted by Crippen LogP contribution is -2.49. The number of benzene rings is 1. The Morgan fingerprint density at radius 2 is 1.96 bits per heavy atom. The van der Waals surface area contributed by atoms with Crippen LogP contribution in [0.1, 0.15) is 24.2 Å². The molecule has 0 radical (unpaired) electrons. The molecule has 1 N–H and O–H groups in total. The molecule has 0 saturated carbocycles. The van der Waals surface area contributed by atoms with Crippen molar-refractivity contribution in [3.8, 4) is 0 Å². The molecule has 7 heteroatoms. The van der Waals surface area contributed by atoms with E-state index in [1.54, 1.807) is 4.68 Å². The van der Waals surface area contributed by atoms with Crippen molar-refractivity contribution >= 4 is 23.3 Å². The predicted molar refractivity (Wildman–Crippen MR) is 104 cm³/mol. The van der Waals surface area contributed by atoms with Crippen LogP contribution in [0.15, 0.2) is 30.3 Å². The Kier molecular flexibility index (Phi) is 5.96. The molecule has 0 aliphatic carbocycles. The third-order valence-corrected chi connectivity index (χ3v) is 5.29. The van der Waals surface area contributed by atoms with Gasteiger partial charge in [-0.2, -0.15) is 5.10 Å². The Hall–Kier alpha value is -1.89. The van der Waals surface area contributed by atoms with E-state index in [4.69, 9.17) is 11.6 Å². The van der Waals surface area contributed by atoms with Crippen LogP contribution < -0.4 is 5.32 Å². The van der Waals surface area contributed by atoms with E-state index >= 15 is 0 Å². The fraction of sp³-hybridized carbons (Fsp3) is 0.474. The van der Waals surface area contributed by atoms with Gasteiger partial charge in [0.25, 0.3) is 0 Å². The summed E-state index contributed by atoms with van der Waals surface area (Å²) in [6.45, 7) is 8.08. The van der Waals surface area contributed by atoms with E-state index in [1.807, 2.05) is 38.2 Å². The highest BCUT2D eigenvalue weighted by Gasteiger charge is 2.24. The summed E-state index contributed by atoms with van der Waals surface area (Å²) in [4.78, 5) is 16.9. The summed E-state index contributed by atoms with van der Waals surface area (Å²) in [5, 5.41) is 7.99. The molecule has 1 aliphatic heterocycles. The van der Waals surface area contributed by atoms with Gasteiger partial charge >= 0.3 is 0 Å². The van der Waals surface area contributed by atoms with Crippen LogP contribution in [0.2, 0.25) is 5.02 Å². The third-order valence-electron chi connectivity index (χ3n) is 4.95. The Labute approximate surface area is 159 Å². The molecule has 0 bridgehead atoms. The van der Waals surface area contributed by atoms with E-state index in [-0.39, 0.29) is 11.9 Å². The fourth-order valence-electron chi connectivity index (χ4n) is 3.43. The van der Waals surface area contributed by atoms with Crippen LogP contribution in [-0.4, -0.2) is 58.2 Å². The first kappa shape index (κ1) is 18.9. The lowest BCUT2D eigenvalue weighted by molar-refractivity contribution is -0.117. The molecule has 1 atom stereocenters. The van der Waals surface area contributed by atoms with Gasteiger partial charge in [0.1, 0.15) is 5.82 Å². The lowest BCUT2D eigenvalue weighted by Gasteiger charge is -2.38. The van der Waals surface area contributed by atoms with E-state index in [2.05, 4.69) is 33.2 Å². The first-order valence-corrected chi connectivity index (χ1v) is 9.33. The predicted octanol–water partition coefficient (Wildman–Crippen LogP) is 2.70. The number of rotatable bonds is 5. The van der Waals surface area contributed by atoms with Gasteiger partial charge in [0.15, 0.2) is 0 Å². The second kappa shape index (κ2) is 8.20.